The smallest absolute Gasteiger partial charge is 0.232 e. The van der Waals surface area contributed by atoms with Gasteiger partial charge in [0.05, 0.1) is 25.3 Å². The molecule has 1 fully saturated rings. The molecule has 1 aliphatic rings. The number of furan rings is 1. The van der Waals surface area contributed by atoms with Crippen molar-refractivity contribution in [3.63, 3.8) is 0 Å². The Morgan fingerprint density at radius 1 is 1.13 bits per heavy atom. The fourth-order valence-corrected chi connectivity index (χ4v) is 3.81. The van der Waals surface area contributed by atoms with Crippen LogP contribution in [0.1, 0.15) is 24.7 Å². The maximum Gasteiger partial charge on any atom is 0.232 e. The molecular weight excluding hydrogens is 392 g/mol. The summed E-state index contributed by atoms with van der Waals surface area (Å²) in [6.07, 6.45) is 1.78. The van der Waals surface area contributed by atoms with Crippen LogP contribution in [-0.4, -0.2) is 25.0 Å². The normalized spacial score (nSPS) is 15.9. The van der Waals surface area contributed by atoms with E-state index in [9.17, 15) is 9.59 Å². The number of carbonyl (C=O) groups is 2. The van der Waals surface area contributed by atoms with Crippen molar-refractivity contribution in [1.82, 2.24) is 0 Å². The standard InChI is InChI=1S/C25H26N2O4/c1-3-30-22-12-10-20(11-13-22)26-16-19(15-24(26)28)25(29)27(17-23-5-4-14-31-23)21-8-6-18(2)7-9-21/h4-14,19H,3,15-17H2,1-2H3. The molecule has 1 atom stereocenters. The molecule has 6 heteroatoms. The summed E-state index contributed by atoms with van der Waals surface area (Å²) in [5.74, 6) is 0.901. The Labute approximate surface area is 182 Å². The predicted molar refractivity (Wildman–Crippen MR) is 119 cm³/mol. The quantitative estimate of drug-likeness (QED) is 0.564. The Morgan fingerprint density at radius 2 is 1.87 bits per heavy atom. The minimum Gasteiger partial charge on any atom is -0.494 e. The minimum atomic E-state index is -0.421. The van der Waals surface area contributed by atoms with Crippen LogP contribution in [0.15, 0.2) is 71.3 Å². The number of benzene rings is 2. The first-order valence-electron chi connectivity index (χ1n) is 10.5. The number of ether oxygens (including phenoxy) is 1. The van der Waals surface area contributed by atoms with E-state index in [4.69, 9.17) is 9.15 Å². The Hall–Kier alpha value is -3.54. The lowest BCUT2D eigenvalue weighted by Crippen LogP contribution is -2.37. The van der Waals surface area contributed by atoms with Crippen molar-refractivity contribution >= 4 is 23.2 Å². The Morgan fingerprint density at radius 3 is 2.52 bits per heavy atom. The lowest BCUT2D eigenvalue weighted by atomic mass is 10.1. The highest BCUT2D eigenvalue weighted by Gasteiger charge is 2.37. The number of carbonyl (C=O) groups excluding carboxylic acids is 2. The SMILES string of the molecule is CCOc1ccc(N2CC(C(=O)N(Cc3ccco3)c3ccc(C)cc3)CC2=O)cc1. The second-order valence-corrected chi connectivity index (χ2v) is 7.67. The van der Waals surface area contributed by atoms with Crippen molar-refractivity contribution < 1.29 is 18.7 Å². The van der Waals surface area contributed by atoms with Crippen LogP contribution in [0.3, 0.4) is 0 Å². The zero-order valence-corrected chi connectivity index (χ0v) is 17.8. The molecule has 1 saturated heterocycles. The molecule has 0 bridgehead atoms. The summed E-state index contributed by atoms with van der Waals surface area (Å²) in [5, 5.41) is 0. The number of anilines is 2. The second-order valence-electron chi connectivity index (χ2n) is 7.67. The van der Waals surface area contributed by atoms with E-state index in [-0.39, 0.29) is 18.2 Å². The lowest BCUT2D eigenvalue weighted by molar-refractivity contribution is -0.124. The van der Waals surface area contributed by atoms with Gasteiger partial charge < -0.3 is 19.0 Å². The Balaban J connectivity index is 1.54. The zero-order chi connectivity index (χ0) is 21.8. The van der Waals surface area contributed by atoms with E-state index in [1.54, 1.807) is 22.1 Å². The topological polar surface area (TPSA) is 63.0 Å². The van der Waals surface area contributed by atoms with Crippen molar-refractivity contribution in [2.24, 2.45) is 5.92 Å². The van der Waals surface area contributed by atoms with E-state index < -0.39 is 5.92 Å². The van der Waals surface area contributed by atoms with Crippen LogP contribution in [0.2, 0.25) is 0 Å². The van der Waals surface area contributed by atoms with Crippen LogP contribution in [0, 0.1) is 12.8 Å². The summed E-state index contributed by atoms with van der Waals surface area (Å²) in [7, 11) is 0. The van der Waals surface area contributed by atoms with E-state index in [1.165, 1.54) is 0 Å². The summed E-state index contributed by atoms with van der Waals surface area (Å²) in [4.78, 5) is 29.6. The second kappa shape index (κ2) is 9.08. The highest BCUT2D eigenvalue weighted by Crippen LogP contribution is 2.30. The molecule has 0 saturated carbocycles. The molecule has 6 nitrogen and oxygen atoms in total. The Bertz CT molecular complexity index is 1030. The van der Waals surface area contributed by atoms with E-state index >= 15 is 0 Å². The molecule has 4 rings (SSSR count). The minimum absolute atomic E-state index is 0.0515. The molecule has 1 aliphatic heterocycles. The van der Waals surface area contributed by atoms with E-state index in [1.807, 2.05) is 68.4 Å². The average molecular weight is 418 g/mol. The first-order chi connectivity index (χ1) is 15.0. The third-order valence-electron chi connectivity index (χ3n) is 5.44. The van der Waals surface area contributed by atoms with E-state index in [0.717, 1.165) is 22.7 Å². The number of hydrogen-bond acceptors (Lipinski definition) is 4. The molecule has 31 heavy (non-hydrogen) atoms. The van der Waals surface area contributed by atoms with Gasteiger partial charge in [-0.15, -0.1) is 0 Å². The van der Waals surface area contributed by atoms with Crippen molar-refractivity contribution in [2.75, 3.05) is 23.0 Å². The third-order valence-corrected chi connectivity index (χ3v) is 5.44. The number of amides is 2. The number of rotatable bonds is 7. The predicted octanol–water partition coefficient (Wildman–Crippen LogP) is 4.57. The van der Waals surface area contributed by atoms with Gasteiger partial charge in [0.15, 0.2) is 0 Å². The summed E-state index contributed by atoms with van der Waals surface area (Å²) in [6.45, 7) is 5.20. The number of nitrogens with zero attached hydrogens (tertiary/aromatic N) is 2. The first kappa shape index (κ1) is 20.7. The summed E-state index contributed by atoms with van der Waals surface area (Å²) in [6, 6.07) is 18.9. The molecule has 160 valence electrons. The van der Waals surface area contributed by atoms with Gasteiger partial charge in [-0.3, -0.25) is 9.59 Å². The molecule has 0 N–H and O–H groups in total. The van der Waals surface area contributed by atoms with Crippen molar-refractivity contribution in [3.8, 4) is 5.75 Å². The molecule has 0 radical (unpaired) electrons. The molecular formula is C25H26N2O4. The van der Waals surface area contributed by atoms with Gasteiger partial charge in [-0.05, 0) is 62.4 Å². The molecule has 2 heterocycles. The van der Waals surface area contributed by atoms with Crippen LogP contribution < -0.4 is 14.5 Å². The number of hydrogen-bond donors (Lipinski definition) is 0. The lowest BCUT2D eigenvalue weighted by Gasteiger charge is -2.25. The molecule has 2 aromatic carbocycles. The van der Waals surface area contributed by atoms with Crippen molar-refractivity contribution in [2.45, 2.75) is 26.8 Å². The highest BCUT2D eigenvalue weighted by atomic mass is 16.5. The summed E-state index contributed by atoms with van der Waals surface area (Å²) >= 11 is 0. The third kappa shape index (κ3) is 4.63. The monoisotopic (exact) mass is 418 g/mol. The van der Waals surface area contributed by atoms with Gasteiger partial charge in [-0.1, -0.05) is 17.7 Å². The van der Waals surface area contributed by atoms with Crippen LogP contribution in [0.25, 0.3) is 0 Å². The van der Waals surface area contributed by atoms with E-state index in [2.05, 4.69) is 0 Å². The van der Waals surface area contributed by atoms with Crippen molar-refractivity contribution in [1.29, 1.82) is 0 Å². The number of aryl methyl sites for hydroxylation is 1. The summed E-state index contributed by atoms with van der Waals surface area (Å²) in [5.41, 5.74) is 2.68. The molecule has 0 aliphatic carbocycles. The van der Waals surface area contributed by atoms with Gasteiger partial charge >= 0.3 is 0 Å². The van der Waals surface area contributed by atoms with Gasteiger partial charge in [0.2, 0.25) is 11.8 Å². The fraction of sp³-hybridized carbons (Fsp3) is 0.280. The maximum atomic E-state index is 13.5. The van der Waals surface area contributed by atoms with Gasteiger partial charge in [-0.2, -0.15) is 0 Å². The van der Waals surface area contributed by atoms with Crippen LogP contribution in [0.5, 0.6) is 5.75 Å². The largest absolute Gasteiger partial charge is 0.494 e. The van der Waals surface area contributed by atoms with Gasteiger partial charge in [0.25, 0.3) is 0 Å². The van der Waals surface area contributed by atoms with Crippen LogP contribution in [-0.2, 0) is 16.1 Å². The fourth-order valence-electron chi connectivity index (χ4n) is 3.81. The first-order valence-corrected chi connectivity index (χ1v) is 10.5. The highest BCUT2D eigenvalue weighted by molar-refractivity contribution is 6.04. The van der Waals surface area contributed by atoms with Crippen LogP contribution >= 0.6 is 0 Å². The molecule has 3 aromatic rings. The molecule has 0 spiro atoms. The maximum absolute atomic E-state index is 13.5. The summed E-state index contributed by atoms with van der Waals surface area (Å²) < 4.78 is 11.0. The van der Waals surface area contributed by atoms with Crippen LogP contribution in [0.4, 0.5) is 11.4 Å². The molecule has 1 unspecified atom stereocenters. The van der Waals surface area contributed by atoms with Crippen molar-refractivity contribution in [3.05, 3.63) is 78.3 Å². The molecule has 2 amide bonds. The van der Waals surface area contributed by atoms with Gasteiger partial charge in [0, 0.05) is 24.3 Å². The average Bonchev–Trinajstić information content (AvgIpc) is 3.43. The Kier molecular flexibility index (Phi) is 6.07. The van der Waals surface area contributed by atoms with E-state index in [0.29, 0.717) is 25.5 Å². The zero-order valence-electron chi connectivity index (χ0n) is 17.8. The molecule has 1 aromatic heterocycles. The van der Waals surface area contributed by atoms with Gasteiger partial charge in [-0.25, -0.2) is 0 Å². The van der Waals surface area contributed by atoms with Gasteiger partial charge in [0.1, 0.15) is 11.5 Å².